The van der Waals surface area contributed by atoms with Gasteiger partial charge in [-0.05, 0) is 19.1 Å². The Kier molecular flexibility index (Phi) is 2.51. The molecule has 1 aromatic heterocycles. The van der Waals surface area contributed by atoms with Crippen LogP contribution in [0.2, 0.25) is 0 Å². The first kappa shape index (κ1) is 9.86. The van der Waals surface area contributed by atoms with Gasteiger partial charge in [-0.3, -0.25) is 0 Å². The Bertz CT molecular complexity index is 479. The van der Waals surface area contributed by atoms with Gasteiger partial charge in [-0.15, -0.1) is 0 Å². The van der Waals surface area contributed by atoms with Crippen LogP contribution in [0.4, 0.5) is 4.39 Å². The SMILES string of the molecule is Cc1noc(-c2cccc(F)c2)c1CN. The molecule has 2 N–H and O–H groups in total. The Morgan fingerprint density at radius 1 is 1.47 bits per heavy atom. The molecular formula is C11H11FN2O. The molecule has 0 bridgehead atoms. The number of nitrogens with zero attached hydrogens (tertiary/aromatic N) is 1. The molecule has 1 aromatic carbocycles. The smallest absolute Gasteiger partial charge is 0.171 e. The third-order valence-corrected chi connectivity index (χ3v) is 2.28. The highest BCUT2D eigenvalue weighted by Crippen LogP contribution is 2.26. The zero-order valence-corrected chi connectivity index (χ0v) is 8.33. The van der Waals surface area contributed by atoms with E-state index in [9.17, 15) is 4.39 Å². The molecule has 78 valence electrons. The van der Waals surface area contributed by atoms with E-state index in [0.29, 0.717) is 17.9 Å². The fourth-order valence-corrected chi connectivity index (χ4v) is 1.49. The second-order valence-corrected chi connectivity index (χ2v) is 3.29. The van der Waals surface area contributed by atoms with Gasteiger partial charge in [-0.25, -0.2) is 4.39 Å². The maximum atomic E-state index is 13.0. The van der Waals surface area contributed by atoms with Gasteiger partial charge in [-0.1, -0.05) is 17.3 Å². The van der Waals surface area contributed by atoms with Crippen LogP contribution in [-0.2, 0) is 6.54 Å². The van der Waals surface area contributed by atoms with Crippen LogP contribution in [0.25, 0.3) is 11.3 Å². The zero-order valence-electron chi connectivity index (χ0n) is 8.33. The van der Waals surface area contributed by atoms with E-state index < -0.39 is 0 Å². The molecule has 2 aromatic rings. The van der Waals surface area contributed by atoms with Crippen molar-refractivity contribution < 1.29 is 8.91 Å². The fraction of sp³-hybridized carbons (Fsp3) is 0.182. The second-order valence-electron chi connectivity index (χ2n) is 3.29. The maximum absolute atomic E-state index is 13.0. The monoisotopic (exact) mass is 206 g/mol. The molecular weight excluding hydrogens is 195 g/mol. The van der Waals surface area contributed by atoms with Crippen LogP contribution in [-0.4, -0.2) is 5.16 Å². The lowest BCUT2D eigenvalue weighted by Gasteiger charge is -1.99. The van der Waals surface area contributed by atoms with E-state index in [2.05, 4.69) is 5.16 Å². The van der Waals surface area contributed by atoms with Crippen molar-refractivity contribution in [2.45, 2.75) is 13.5 Å². The van der Waals surface area contributed by atoms with Gasteiger partial charge in [0.15, 0.2) is 5.76 Å². The summed E-state index contributed by atoms with van der Waals surface area (Å²) in [5.74, 6) is 0.249. The summed E-state index contributed by atoms with van der Waals surface area (Å²) in [6.07, 6.45) is 0. The molecule has 4 heteroatoms. The summed E-state index contributed by atoms with van der Waals surface area (Å²) in [6.45, 7) is 2.15. The van der Waals surface area contributed by atoms with Crippen LogP contribution in [0.1, 0.15) is 11.3 Å². The molecule has 3 nitrogen and oxygen atoms in total. The Morgan fingerprint density at radius 3 is 2.93 bits per heavy atom. The van der Waals surface area contributed by atoms with E-state index in [-0.39, 0.29) is 5.82 Å². The third-order valence-electron chi connectivity index (χ3n) is 2.28. The van der Waals surface area contributed by atoms with Crippen LogP contribution in [0.3, 0.4) is 0 Å². The second kappa shape index (κ2) is 3.82. The highest BCUT2D eigenvalue weighted by Gasteiger charge is 2.13. The molecule has 15 heavy (non-hydrogen) atoms. The predicted octanol–water partition coefficient (Wildman–Crippen LogP) is 2.25. The van der Waals surface area contributed by atoms with Crippen LogP contribution < -0.4 is 5.73 Å². The number of aryl methyl sites for hydroxylation is 1. The van der Waals surface area contributed by atoms with Crippen molar-refractivity contribution in [2.24, 2.45) is 5.73 Å². The number of rotatable bonds is 2. The van der Waals surface area contributed by atoms with Crippen molar-refractivity contribution in [3.8, 4) is 11.3 Å². The molecule has 1 heterocycles. The summed E-state index contributed by atoms with van der Waals surface area (Å²) >= 11 is 0. The van der Waals surface area contributed by atoms with Crippen molar-refractivity contribution in [1.29, 1.82) is 0 Å². The van der Waals surface area contributed by atoms with Crippen molar-refractivity contribution >= 4 is 0 Å². The molecule has 0 unspecified atom stereocenters. The summed E-state index contributed by atoms with van der Waals surface area (Å²) < 4.78 is 18.1. The van der Waals surface area contributed by atoms with Crippen LogP contribution >= 0.6 is 0 Å². The average molecular weight is 206 g/mol. The van der Waals surface area contributed by atoms with Gasteiger partial charge in [0.2, 0.25) is 0 Å². The van der Waals surface area contributed by atoms with E-state index in [4.69, 9.17) is 10.3 Å². The van der Waals surface area contributed by atoms with Crippen molar-refractivity contribution in [1.82, 2.24) is 5.16 Å². The number of halogens is 1. The van der Waals surface area contributed by atoms with E-state index >= 15 is 0 Å². The number of nitrogens with two attached hydrogens (primary N) is 1. The van der Waals surface area contributed by atoms with Crippen LogP contribution in [0.5, 0.6) is 0 Å². The van der Waals surface area contributed by atoms with Gasteiger partial charge in [0, 0.05) is 17.7 Å². The standard InChI is InChI=1S/C11H11FN2O/c1-7-10(6-13)11(15-14-7)8-3-2-4-9(12)5-8/h2-5H,6,13H2,1H3. The maximum Gasteiger partial charge on any atom is 0.171 e. The van der Waals surface area contributed by atoms with E-state index in [1.54, 1.807) is 12.1 Å². The van der Waals surface area contributed by atoms with Crippen LogP contribution in [0.15, 0.2) is 28.8 Å². The summed E-state index contributed by atoms with van der Waals surface area (Å²) in [5, 5.41) is 3.82. The Morgan fingerprint density at radius 2 is 2.27 bits per heavy atom. The number of aromatic nitrogens is 1. The quantitative estimate of drug-likeness (QED) is 0.819. The normalized spacial score (nSPS) is 10.6. The molecule has 0 atom stereocenters. The van der Waals surface area contributed by atoms with Gasteiger partial charge < -0.3 is 10.3 Å². The van der Waals surface area contributed by atoms with Gasteiger partial charge in [0.25, 0.3) is 0 Å². The molecule has 0 amide bonds. The zero-order chi connectivity index (χ0) is 10.8. The number of benzene rings is 1. The highest BCUT2D eigenvalue weighted by atomic mass is 19.1. The predicted molar refractivity (Wildman–Crippen MR) is 54.5 cm³/mol. The van der Waals surface area contributed by atoms with E-state index in [0.717, 1.165) is 11.3 Å². The summed E-state index contributed by atoms with van der Waals surface area (Å²) in [5.41, 5.74) is 7.81. The molecule has 0 aliphatic rings. The molecule has 0 spiro atoms. The highest BCUT2D eigenvalue weighted by molar-refractivity contribution is 5.61. The van der Waals surface area contributed by atoms with Gasteiger partial charge in [0.05, 0.1) is 5.69 Å². The summed E-state index contributed by atoms with van der Waals surface area (Å²) in [4.78, 5) is 0. The minimum Gasteiger partial charge on any atom is -0.356 e. The topological polar surface area (TPSA) is 52.0 Å². The van der Waals surface area contributed by atoms with Crippen molar-refractivity contribution in [3.05, 3.63) is 41.3 Å². The molecule has 2 rings (SSSR count). The summed E-state index contributed by atoms with van der Waals surface area (Å²) in [6, 6.07) is 6.18. The number of hydrogen-bond donors (Lipinski definition) is 1. The summed E-state index contributed by atoms with van der Waals surface area (Å²) in [7, 11) is 0. The Labute approximate surface area is 86.7 Å². The van der Waals surface area contributed by atoms with Gasteiger partial charge in [-0.2, -0.15) is 0 Å². The first-order chi connectivity index (χ1) is 7.22. The lowest BCUT2D eigenvalue weighted by Crippen LogP contribution is -1.98. The molecule has 0 saturated heterocycles. The van der Waals surface area contributed by atoms with Crippen molar-refractivity contribution in [2.75, 3.05) is 0 Å². The molecule has 0 saturated carbocycles. The fourth-order valence-electron chi connectivity index (χ4n) is 1.49. The largest absolute Gasteiger partial charge is 0.356 e. The molecule has 0 aliphatic heterocycles. The third kappa shape index (κ3) is 1.76. The lowest BCUT2D eigenvalue weighted by molar-refractivity contribution is 0.426. The minimum absolute atomic E-state index is 0.301. The van der Waals surface area contributed by atoms with Gasteiger partial charge >= 0.3 is 0 Å². The Hall–Kier alpha value is -1.68. The first-order valence-corrected chi connectivity index (χ1v) is 4.63. The first-order valence-electron chi connectivity index (χ1n) is 4.63. The molecule has 0 aliphatic carbocycles. The molecule has 0 radical (unpaired) electrons. The minimum atomic E-state index is -0.301. The average Bonchev–Trinajstić information content (AvgIpc) is 2.59. The lowest BCUT2D eigenvalue weighted by atomic mass is 10.1. The molecule has 0 fully saturated rings. The van der Waals surface area contributed by atoms with Gasteiger partial charge in [0.1, 0.15) is 5.82 Å². The van der Waals surface area contributed by atoms with Crippen LogP contribution in [0, 0.1) is 12.7 Å². The number of hydrogen-bond acceptors (Lipinski definition) is 3. The van der Waals surface area contributed by atoms with E-state index in [1.165, 1.54) is 12.1 Å². The van der Waals surface area contributed by atoms with Crippen molar-refractivity contribution in [3.63, 3.8) is 0 Å². The van der Waals surface area contributed by atoms with E-state index in [1.807, 2.05) is 6.92 Å². The Balaban J connectivity index is 2.54.